The lowest BCUT2D eigenvalue weighted by Crippen LogP contribution is -2.27. The minimum atomic E-state index is -0.516. The van der Waals surface area contributed by atoms with Crippen LogP contribution in [0.4, 0.5) is 0 Å². The molecule has 82 valence electrons. The first-order valence-electron chi connectivity index (χ1n) is 5.25. The molecule has 0 atom stereocenters. The van der Waals surface area contributed by atoms with Gasteiger partial charge in [0, 0.05) is 15.9 Å². The van der Waals surface area contributed by atoms with E-state index in [1.807, 2.05) is 18.2 Å². The summed E-state index contributed by atoms with van der Waals surface area (Å²) >= 11 is 9.50. The van der Waals surface area contributed by atoms with Crippen LogP contribution in [-0.4, -0.2) is 10.7 Å². The summed E-state index contributed by atoms with van der Waals surface area (Å²) < 4.78 is 0.981. The van der Waals surface area contributed by atoms with Crippen molar-refractivity contribution < 1.29 is 5.11 Å². The van der Waals surface area contributed by atoms with Crippen LogP contribution < -0.4 is 0 Å². The lowest BCUT2D eigenvalue weighted by Gasteiger charge is -2.22. The van der Waals surface area contributed by atoms with Gasteiger partial charge in [-0.3, -0.25) is 0 Å². The SMILES string of the molecule is OC1(Cc2ccc(Br)cc2Cl)CCCC1. The lowest BCUT2D eigenvalue weighted by molar-refractivity contribution is 0.0482. The highest BCUT2D eigenvalue weighted by Gasteiger charge is 2.31. The molecule has 1 N–H and O–H groups in total. The van der Waals surface area contributed by atoms with E-state index in [2.05, 4.69) is 15.9 Å². The summed E-state index contributed by atoms with van der Waals surface area (Å²) in [6.07, 6.45) is 4.74. The van der Waals surface area contributed by atoms with Crippen molar-refractivity contribution in [3.63, 3.8) is 0 Å². The second-order valence-corrected chi connectivity index (χ2v) is 5.67. The molecule has 0 aromatic heterocycles. The molecule has 0 unspecified atom stereocenters. The number of halogens is 2. The first-order chi connectivity index (χ1) is 7.09. The highest BCUT2D eigenvalue weighted by atomic mass is 79.9. The van der Waals surface area contributed by atoms with Crippen molar-refractivity contribution in [3.8, 4) is 0 Å². The van der Waals surface area contributed by atoms with Crippen LogP contribution in [-0.2, 0) is 6.42 Å². The molecule has 0 aliphatic heterocycles. The molecule has 1 fully saturated rings. The Bertz CT molecular complexity index is 359. The molecule has 0 heterocycles. The van der Waals surface area contributed by atoms with Gasteiger partial charge >= 0.3 is 0 Å². The van der Waals surface area contributed by atoms with Gasteiger partial charge in [-0.1, -0.05) is 46.4 Å². The van der Waals surface area contributed by atoms with Gasteiger partial charge < -0.3 is 5.11 Å². The average molecular weight is 290 g/mol. The molecule has 2 rings (SSSR count). The number of benzene rings is 1. The molecule has 3 heteroatoms. The Kier molecular flexibility index (Phi) is 3.39. The summed E-state index contributed by atoms with van der Waals surface area (Å²) in [6, 6.07) is 5.84. The van der Waals surface area contributed by atoms with E-state index in [1.165, 1.54) is 0 Å². The molecule has 0 amide bonds. The highest BCUT2D eigenvalue weighted by Crippen LogP contribution is 2.34. The van der Waals surface area contributed by atoms with Gasteiger partial charge in [-0.25, -0.2) is 0 Å². The van der Waals surface area contributed by atoms with Gasteiger partial charge in [0.1, 0.15) is 0 Å². The van der Waals surface area contributed by atoms with Crippen LogP contribution in [0.15, 0.2) is 22.7 Å². The Balaban J connectivity index is 2.16. The predicted octanol–water partition coefficient (Wildman–Crippen LogP) is 3.95. The zero-order chi connectivity index (χ0) is 10.9. The van der Waals surface area contributed by atoms with E-state index < -0.39 is 5.60 Å². The Morgan fingerprint density at radius 2 is 2.00 bits per heavy atom. The zero-order valence-corrected chi connectivity index (χ0v) is 10.8. The van der Waals surface area contributed by atoms with E-state index in [9.17, 15) is 5.11 Å². The van der Waals surface area contributed by atoms with Crippen LogP contribution in [0, 0.1) is 0 Å². The minimum Gasteiger partial charge on any atom is -0.390 e. The van der Waals surface area contributed by atoms with Crippen LogP contribution in [0.3, 0.4) is 0 Å². The maximum Gasteiger partial charge on any atom is 0.0688 e. The molecule has 1 aliphatic carbocycles. The van der Waals surface area contributed by atoms with Crippen molar-refractivity contribution in [1.82, 2.24) is 0 Å². The molecule has 15 heavy (non-hydrogen) atoms. The van der Waals surface area contributed by atoms with Crippen molar-refractivity contribution in [2.45, 2.75) is 37.7 Å². The summed E-state index contributed by atoms with van der Waals surface area (Å²) in [6.45, 7) is 0. The fourth-order valence-electron chi connectivity index (χ4n) is 2.23. The van der Waals surface area contributed by atoms with Gasteiger partial charge in [-0.05, 0) is 30.5 Å². The third-order valence-electron chi connectivity index (χ3n) is 3.07. The largest absolute Gasteiger partial charge is 0.390 e. The molecule has 1 nitrogen and oxygen atoms in total. The summed E-state index contributed by atoms with van der Waals surface area (Å²) in [5, 5.41) is 11.0. The van der Waals surface area contributed by atoms with Gasteiger partial charge in [-0.2, -0.15) is 0 Å². The van der Waals surface area contributed by atoms with Gasteiger partial charge in [0.15, 0.2) is 0 Å². The molecule has 1 aromatic rings. The van der Waals surface area contributed by atoms with Gasteiger partial charge in [0.2, 0.25) is 0 Å². The van der Waals surface area contributed by atoms with Crippen molar-refractivity contribution in [1.29, 1.82) is 0 Å². The fraction of sp³-hybridized carbons (Fsp3) is 0.500. The van der Waals surface area contributed by atoms with E-state index in [0.717, 1.165) is 40.7 Å². The van der Waals surface area contributed by atoms with Crippen molar-refractivity contribution in [2.24, 2.45) is 0 Å². The van der Waals surface area contributed by atoms with Crippen molar-refractivity contribution in [3.05, 3.63) is 33.3 Å². The molecular weight excluding hydrogens is 275 g/mol. The molecule has 0 spiro atoms. The van der Waals surface area contributed by atoms with Crippen LogP contribution in [0.25, 0.3) is 0 Å². The summed E-state index contributed by atoms with van der Waals surface area (Å²) in [5.74, 6) is 0. The number of aliphatic hydroxyl groups is 1. The van der Waals surface area contributed by atoms with Gasteiger partial charge in [0.25, 0.3) is 0 Å². The smallest absolute Gasteiger partial charge is 0.0688 e. The molecule has 0 radical (unpaired) electrons. The van der Waals surface area contributed by atoms with Gasteiger partial charge in [0.05, 0.1) is 5.60 Å². The van der Waals surface area contributed by atoms with Crippen LogP contribution >= 0.6 is 27.5 Å². The first kappa shape index (κ1) is 11.4. The number of hydrogen-bond acceptors (Lipinski definition) is 1. The van der Waals surface area contributed by atoms with E-state index >= 15 is 0 Å². The topological polar surface area (TPSA) is 20.2 Å². The van der Waals surface area contributed by atoms with E-state index in [-0.39, 0.29) is 0 Å². The number of hydrogen-bond donors (Lipinski definition) is 1. The third kappa shape index (κ3) is 2.74. The van der Waals surface area contributed by atoms with Crippen molar-refractivity contribution in [2.75, 3.05) is 0 Å². The maximum atomic E-state index is 10.3. The molecule has 1 aromatic carbocycles. The molecule has 0 bridgehead atoms. The molecular formula is C12H14BrClO. The summed E-state index contributed by atoms with van der Waals surface area (Å²) in [5.41, 5.74) is 0.529. The second-order valence-electron chi connectivity index (χ2n) is 4.34. The average Bonchev–Trinajstić information content (AvgIpc) is 2.58. The monoisotopic (exact) mass is 288 g/mol. The Morgan fingerprint density at radius 3 is 2.60 bits per heavy atom. The van der Waals surface area contributed by atoms with Crippen LogP contribution in [0.1, 0.15) is 31.2 Å². The second kappa shape index (κ2) is 4.44. The lowest BCUT2D eigenvalue weighted by atomic mass is 9.93. The van der Waals surface area contributed by atoms with E-state index in [4.69, 9.17) is 11.6 Å². The predicted molar refractivity (Wildman–Crippen MR) is 66.3 cm³/mol. The molecule has 0 saturated heterocycles. The van der Waals surface area contributed by atoms with E-state index in [0.29, 0.717) is 6.42 Å². The van der Waals surface area contributed by atoms with Crippen molar-refractivity contribution >= 4 is 27.5 Å². The van der Waals surface area contributed by atoms with Crippen LogP contribution in [0.5, 0.6) is 0 Å². The Labute approximate surface area is 104 Å². The summed E-state index contributed by atoms with van der Waals surface area (Å²) in [4.78, 5) is 0. The normalized spacial score (nSPS) is 19.4. The number of rotatable bonds is 2. The Morgan fingerprint density at radius 1 is 1.33 bits per heavy atom. The quantitative estimate of drug-likeness (QED) is 0.874. The minimum absolute atomic E-state index is 0.516. The standard InChI is InChI=1S/C12H14BrClO/c13-10-4-3-9(11(14)7-10)8-12(15)5-1-2-6-12/h3-4,7,15H,1-2,5-6,8H2. The van der Waals surface area contributed by atoms with Gasteiger partial charge in [-0.15, -0.1) is 0 Å². The van der Waals surface area contributed by atoms with E-state index in [1.54, 1.807) is 0 Å². The maximum absolute atomic E-state index is 10.3. The fourth-order valence-corrected chi connectivity index (χ4v) is 2.97. The Hall–Kier alpha value is -0.0500. The third-order valence-corrected chi connectivity index (χ3v) is 3.91. The summed E-state index contributed by atoms with van der Waals surface area (Å²) in [7, 11) is 0. The zero-order valence-electron chi connectivity index (χ0n) is 8.47. The highest BCUT2D eigenvalue weighted by molar-refractivity contribution is 9.10. The molecule has 1 saturated carbocycles. The molecule has 1 aliphatic rings. The van der Waals surface area contributed by atoms with Crippen LogP contribution in [0.2, 0.25) is 5.02 Å². The first-order valence-corrected chi connectivity index (χ1v) is 6.42.